The fourth-order valence-electron chi connectivity index (χ4n) is 2.46. The summed E-state index contributed by atoms with van der Waals surface area (Å²) in [5.41, 5.74) is 2.45. The number of ether oxygens (including phenoxy) is 2. The predicted molar refractivity (Wildman–Crippen MR) is 86.5 cm³/mol. The Balaban J connectivity index is 2.27. The van der Waals surface area contributed by atoms with Crippen molar-refractivity contribution in [3.8, 4) is 11.5 Å². The molecule has 22 heavy (non-hydrogen) atoms. The topological polar surface area (TPSA) is 38.8 Å². The van der Waals surface area contributed by atoms with Crippen LogP contribution in [-0.4, -0.2) is 32.1 Å². The number of hydrogen-bond donors (Lipinski definition) is 0. The van der Waals surface area contributed by atoms with E-state index < -0.39 is 0 Å². The summed E-state index contributed by atoms with van der Waals surface area (Å²) in [6, 6.07) is 13.4. The second kappa shape index (κ2) is 6.98. The predicted octanol–water partition coefficient (Wildman–Crippen LogP) is 3.28. The highest BCUT2D eigenvalue weighted by Crippen LogP contribution is 2.32. The minimum atomic E-state index is -0.0774. The van der Waals surface area contributed by atoms with E-state index in [1.54, 1.807) is 38.3 Å². The van der Waals surface area contributed by atoms with Crippen LogP contribution in [0.2, 0.25) is 0 Å². The summed E-state index contributed by atoms with van der Waals surface area (Å²) in [6.45, 7) is 2.43. The highest BCUT2D eigenvalue weighted by molar-refractivity contribution is 5.97. The molecule has 2 rings (SSSR count). The first-order chi connectivity index (χ1) is 10.6. The third kappa shape index (κ3) is 3.22. The van der Waals surface area contributed by atoms with E-state index in [0.29, 0.717) is 23.6 Å². The van der Waals surface area contributed by atoms with Crippen molar-refractivity contribution >= 4 is 5.91 Å². The van der Waals surface area contributed by atoms with E-state index in [9.17, 15) is 4.79 Å². The molecule has 0 aliphatic heterocycles. The number of hydrogen-bond acceptors (Lipinski definition) is 3. The van der Waals surface area contributed by atoms with Crippen molar-refractivity contribution < 1.29 is 14.3 Å². The maximum atomic E-state index is 12.7. The van der Waals surface area contributed by atoms with Crippen LogP contribution >= 0.6 is 0 Å². The maximum Gasteiger partial charge on any atom is 0.257 e. The summed E-state index contributed by atoms with van der Waals surface area (Å²) in [7, 11) is 4.95. The molecular weight excluding hydrogens is 278 g/mol. The number of methoxy groups -OCH3 is 2. The SMILES string of the molecule is COc1ccc(C(=O)N(C)Cc2ccccc2)c(OC)c1C. The van der Waals surface area contributed by atoms with Gasteiger partial charge in [-0.2, -0.15) is 0 Å². The van der Waals surface area contributed by atoms with E-state index in [0.717, 1.165) is 11.1 Å². The van der Waals surface area contributed by atoms with Gasteiger partial charge in [-0.25, -0.2) is 0 Å². The van der Waals surface area contributed by atoms with Crippen LogP contribution in [0.3, 0.4) is 0 Å². The van der Waals surface area contributed by atoms with E-state index >= 15 is 0 Å². The normalized spacial score (nSPS) is 10.2. The number of nitrogens with zero attached hydrogens (tertiary/aromatic N) is 1. The Morgan fingerprint density at radius 1 is 1.05 bits per heavy atom. The molecule has 0 saturated carbocycles. The second-order valence-corrected chi connectivity index (χ2v) is 5.12. The van der Waals surface area contributed by atoms with E-state index in [-0.39, 0.29) is 5.91 Å². The number of carbonyl (C=O) groups excluding carboxylic acids is 1. The molecular formula is C18H21NO3. The lowest BCUT2D eigenvalue weighted by Gasteiger charge is -2.20. The van der Waals surface area contributed by atoms with Crippen molar-refractivity contribution in [1.82, 2.24) is 4.90 Å². The van der Waals surface area contributed by atoms with Crippen LogP contribution in [0.25, 0.3) is 0 Å². The van der Waals surface area contributed by atoms with Gasteiger partial charge >= 0.3 is 0 Å². The monoisotopic (exact) mass is 299 g/mol. The van der Waals surface area contributed by atoms with Gasteiger partial charge in [0, 0.05) is 19.2 Å². The molecule has 0 aliphatic carbocycles. The largest absolute Gasteiger partial charge is 0.496 e. The van der Waals surface area contributed by atoms with E-state index in [1.165, 1.54) is 0 Å². The molecule has 4 nitrogen and oxygen atoms in total. The third-order valence-electron chi connectivity index (χ3n) is 3.62. The van der Waals surface area contributed by atoms with Gasteiger partial charge in [-0.05, 0) is 24.6 Å². The smallest absolute Gasteiger partial charge is 0.257 e. The molecule has 0 unspecified atom stereocenters. The zero-order valence-corrected chi connectivity index (χ0v) is 13.4. The minimum absolute atomic E-state index is 0.0774. The highest BCUT2D eigenvalue weighted by atomic mass is 16.5. The second-order valence-electron chi connectivity index (χ2n) is 5.12. The third-order valence-corrected chi connectivity index (χ3v) is 3.62. The van der Waals surface area contributed by atoms with E-state index in [2.05, 4.69) is 0 Å². The molecule has 0 aromatic heterocycles. The molecule has 0 bridgehead atoms. The number of amides is 1. The summed E-state index contributed by atoms with van der Waals surface area (Å²) >= 11 is 0. The van der Waals surface area contributed by atoms with Crippen molar-refractivity contribution in [3.05, 3.63) is 59.2 Å². The van der Waals surface area contributed by atoms with Gasteiger partial charge in [0.1, 0.15) is 11.5 Å². The molecule has 0 N–H and O–H groups in total. The Bertz CT molecular complexity index is 653. The summed E-state index contributed by atoms with van der Waals surface area (Å²) in [5.74, 6) is 1.19. The van der Waals surface area contributed by atoms with Crippen molar-refractivity contribution in [1.29, 1.82) is 0 Å². The number of benzene rings is 2. The molecule has 0 saturated heterocycles. The summed E-state index contributed by atoms with van der Waals surface area (Å²) in [5, 5.41) is 0. The average Bonchev–Trinajstić information content (AvgIpc) is 2.54. The van der Waals surface area contributed by atoms with E-state index in [1.807, 2.05) is 37.3 Å². The standard InChI is InChI=1S/C18H21NO3/c1-13-16(21-3)11-10-15(17(13)22-4)18(20)19(2)12-14-8-6-5-7-9-14/h5-11H,12H2,1-4H3. The summed E-state index contributed by atoms with van der Waals surface area (Å²) in [6.07, 6.45) is 0. The van der Waals surface area contributed by atoms with Gasteiger partial charge in [-0.3, -0.25) is 4.79 Å². The minimum Gasteiger partial charge on any atom is -0.496 e. The van der Waals surface area contributed by atoms with Gasteiger partial charge in [0.15, 0.2) is 0 Å². The molecule has 0 aliphatic rings. The molecule has 1 amide bonds. The summed E-state index contributed by atoms with van der Waals surface area (Å²) in [4.78, 5) is 14.4. The Labute approximate surface area is 131 Å². The van der Waals surface area contributed by atoms with Crippen LogP contribution in [-0.2, 0) is 6.54 Å². The van der Waals surface area contributed by atoms with Gasteiger partial charge in [-0.1, -0.05) is 30.3 Å². The molecule has 2 aromatic rings. The van der Waals surface area contributed by atoms with Gasteiger partial charge in [0.2, 0.25) is 0 Å². The van der Waals surface area contributed by atoms with Crippen LogP contribution in [0.4, 0.5) is 0 Å². The first kappa shape index (κ1) is 15.9. The Hall–Kier alpha value is -2.49. The Kier molecular flexibility index (Phi) is 5.04. The van der Waals surface area contributed by atoms with Crippen LogP contribution < -0.4 is 9.47 Å². The number of carbonyl (C=O) groups is 1. The summed E-state index contributed by atoms with van der Waals surface area (Å²) < 4.78 is 10.7. The average molecular weight is 299 g/mol. The zero-order chi connectivity index (χ0) is 16.1. The van der Waals surface area contributed by atoms with Gasteiger partial charge in [-0.15, -0.1) is 0 Å². The quantitative estimate of drug-likeness (QED) is 0.850. The molecule has 0 atom stereocenters. The molecule has 116 valence electrons. The van der Waals surface area contributed by atoms with Crippen LogP contribution in [0.1, 0.15) is 21.5 Å². The lowest BCUT2D eigenvalue weighted by atomic mass is 10.1. The van der Waals surface area contributed by atoms with Crippen molar-refractivity contribution in [2.45, 2.75) is 13.5 Å². The van der Waals surface area contributed by atoms with Gasteiger partial charge < -0.3 is 14.4 Å². The Morgan fingerprint density at radius 2 is 1.73 bits per heavy atom. The lowest BCUT2D eigenvalue weighted by molar-refractivity contribution is 0.0781. The first-order valence-corrected chi connectivity index (χ1v) is 7.09. The molecule has 0 fully saturated rings. The molecule has 0 radical (unpaired) electrons. The fourth-order valence-corrected chi connectivity index (χ4v) is 2.46. The fraction of sp³-hybridized carbons (Fsp3) is 0.278. The van der Waals surface area contributed by atoms with Gasteiger partial charge in [0.05, 0.1) is 19.8 Å². The molecule has 2 aromatic carbocycles. The first-order valence-electron chi connectivity index (χ1n) is 7.09. The zero-order valence-electron chi connectivity index (χ0n) is 13.4. The molecule has 4 heteroatoms. The lowest BCUT2D eigenvalue weighted by Crippen LogP contribution is -2.26. The Morgan fingerprint density at radius 3 is 2.32 bits per heavy atom. The van der Waals surface area contributed by atoms with E-state index in [4.69, 9.17) is 9.47 Å². The van der Waals surface area contributed by atoms with Crippen LogP contribution in [0.15, 0.2) is 42.5 Å². The highest BCUT2D eigenvalue weighted by Gasteiger charge is 2.20. The number of rotatable bonds is 5. The van der Waals surface area contributed by atoms with Crippen molar-refractivity contribution in [2.24, 2.45) is 0 Å². The van der Waals surface area contributed by atoms with Crippen molar-refractivity contribution in [3.63, 3.8) is 0 Å². The van der Waals surface area contributed by atoms with Crippen molar-refractivity contribution in [2.75, 3.05) is 21.3 Å². The van der Waals surface area contributed by atoms with Gasteiger partial charge in [0.25, 0.3) is 5.91 Å². The molecule has 0 heterocycles. The molecule has 0 spiro atoms. The maximum absolute atomic E-state index is 12.7. The van der Waals surface area contributed by atoms with Crippen LogP contribution in [0.5, 0.6) is 11.5 Å². The van der Waals surface area contributed by atoms with Crippen LogP contribution in [0, 0.1) is 6.92 Å².